The molecule has 1 unspecified atom stereocenters. The van der Waals surface area contributed by atoms with Gasteiger partial charge in [-0.25, -0.2) is 0 Å². The monoisotopic (exact) mass is 71.0 g/mol. The summed E-state index contributed by atoms with van der Waals surface area (Å²) in [5.74, 6) is 0. The molecule has 0 aromatic carbocycles. The minimum atomic E-state index is 0. The molecule has 0 amide bonds. The van der Waals surface area contributed by atoms with Crippen molar-refractivity contribution in [3.63, 3.8) is 0 Å². The maximum Gasteiger partial charge on any atom is 0.0889 e. The fourth-order valence-corrected chi connectivity index (χ4v) is 0.123. The molecule has 0 aromatic heterocycles. The standard InChI is InChI=1S/C4H7O/c1-4(2)3-5-4/h1,3H2,2H3. The molecule has 1 fully saturated rings. The zero-order valence-corrected chi connectivity index (χ0v) is 3.32. The first-order valence-electron chi connectivity index (χ1n) is 1.70. The summed E-state index contributed by atoms with van der Waals surface area (Å²) in [7, 11) is 0. The van der Waals surface area contributed by atoms with E-state index in [4.69, 9.17) is 4.74 Å². The Hall–Kier alpha value is -0.0400. The van der Waals surface area contributed by atoms with Crippen molar-refractivity contribution in [2.24, 2.45) is 0 Å². The highest BCUT2D eigenvalue weighted by molar-refractivity contribution is 4.88. The van der Waals surface area contributed by atoms with E-state index in [1.807, 2.05) is 6.92 Å². The first kappa shape index (κ1) is 3.16. The summed E-state index contributed by atoms with van der Waals surface area (Å²) in [6, 6.07) is 0. The van der Waals surface area contributed by atoms with Gasteiger partial charge in [0.05, 0.1) is 12.2 Å². The van der Waals surface area contributed by atoms with Gasteiger partial charge in [0.25, 0.3) is 0 Å². The molecule has 0 aliphatic carbocycles. The fraction of sp³-hybridized carbons (Fsp3) is 0.750. The van der Waals surface area contributed by atoms with Crippen molar-refractivity contribution in [2.75, 3.05) is 6.61 Å². The molecule has 1 rings (SSSR count). The molecule has 1 saturated heterocycles. The maximum absolute atomic E-state index is 4.78. The Morgan fingerprint density at radius 3 is 2.20 bits per heavy atom. The molecule has 5 heavy (non-hydrogen) atoms. The van der Waals surface area contributed by atoms with E-state index >= 15 is 0 Å². The van der Waals surface area contributed by atoms with Gasteiger partial charge in [-0.15, -0.1) is 0 Å². The Bertz CT molecular complexity index is 41.6. The van der Waals surface area contributed by atoms with Gasteiger partial charge in [0.2, 0.25) is 0 Å². The average Bonchev–Trinajstić information content (AvgIpc) is 1.76. The van der Waals surface area contributed by atoms with Crippen LogP contribution in [-0.2, 0) is 4.74 Å². The van der Waals surface area contributed by atoms with Gasteiger partial charge in [-0.3, -0.25) is 0 Å². The first-order valence-corrected chi connectivity index (χ1v) is 1.70. The van der Waals surface area contributed by atoms with E-state index in [-0.39, 0.29) is 5.60 Å². The Morgan fingerprint density at radius 1 is 2.00 bits per heavy atom. The Kier molecular flexibility index (Phi) is 0.346. The molecule has 1 aliphatic heterocycles. The molecular weight excluding hydrogens is 64.0 g/mol. The third kappa shape index (κ3) is 0.618. The van der Waals surface area contributed by atoms with Gasteiger partial charge in [0.15, 0.2) is 0 Å². The summed E-state index contributed by atoms with van der Waals surface area (Å²) in [5, 5.41) is 0. The molecule has 1 aliphatic rings. The quantitative estimate of drug-likeness (QED) is 0.381. The van der Waals surface area contributed by atoms with Crippen LogP contribution in [0.25, 0.3) is 0 Å². The first-order chi connectivity index (χ1) is 2.21. The summed E-state index contributed by atoms with van der Waals surface area (Å²) in [6.07, 6.45) is 0. The molecule has 29 valence electrons. The van der Waals surface area contributed by atoms with E-state index in [1.165, 1.54) is 0 Å². The molecule has 1 radical (unpaired) electrons. The van der Waals surface area contributed by atoms with Crippen molar-refractivity contribution >= 4 is 0 Å². The van der Waals surface area contributed by atoms with E-state index in [9.17, 15) is 0 Å². The molecule has 1 heteroatoms. The van der Waals surface area contributed by atoms with Gasteiger partial charge in [-0.05, 0) is 13.8 Å². The topological polar surface area (TPSA) is 12.5 Å². The smallest absolute Gasteiger partial charge is 0.0889 e. The van der Waals surface area contributed by atoms with Gasteiger partial charge in [0, 0.05) is 0 Å². The van der Waals surface area contributed by atoms with Crippen molar-refractivity contribution < 1.29 is 4.74 Å². The lowest BCUT2D eigenvalue weighted by Gasteiger charge is -1.81. The predicted octanol–water partition coefficient (Wildman–Crippen LogP) is 0.609. The van der Waals surface area contributed by atoms with Gasteiger partial charge < -0.3 is 4.74 Å². The number of epoxide rings is 1. The number of hydrogen-bond donors (Lipinski definition) is 0. The summed E-state index contributed by atoms with van der Waals surface area (Å²) in [4.78, 5) is 0. The van der Waals surface area contributed by atoms with Crippen molar-refractivity contribution in [2.45, 2.75) is 12.5 Å². The minimum Gasteiger partial charge on any atom is -0.370 e. The van der Waals surface area contributed by atoms with Crippen LogP contribution >= 0.6 is 0 Å². The molecule has 1 nitrogen and oxygen atoms in total. The van der Waals surface area contributed by atoms with Crippen LogP contribution in [0.15, 0.2) is 0 Å². The van der Waals surface area contributed by atoms with Gasteiger partial charge >= 0.3 is 0 Å². The molecule has 0 saturated carbocycles. The van der Waals surface area contributed by atoms with Crippen LogP contribution in [0.4, 0.5) is 0 Å². The Balaban J connectivity index is 2.38. The lowest BCUT2D eigenvalue weighted by Crippen LogP contribution is -1.91. The fourth-order valence-electron chi connectivity index (χ4n) is 0.123. The predicted molar refractivity (Wildman–Crippen MR) is 19.7 cm³/mol. The number of rotatable bonds is 0. The highest BCUT2D eigenvalue weighted by atomic mass is 16.6. The van der Waals surface area contributed by atoms with E-state index in [2.05, 4.69) is 6.92 Å². The second kappa shape index (κ2) is 0.548. The summed E-state index contributed by atoms with van der Waals surface area (Å²) >= 11 is 0. The number of ether oxygens (including phenoxy) is 1. The van der Waals surface area contributed by atoms with E-state index in [1.54, 1.807) is 0 Å². The van der Waals surface area contributed by atoms with Crippen molar-refractivity contribution in [3.8, 4) is 0 Å². The highest BCUT2D eigenvalue weighted by Crippen LogP contribution is 2.22. The lowest BCUT2D eigenvalue weighted by molar-refractivity contribution is 0.368. The Labute approximate surface area is 31.9 Å². The third-order valence-electron chi connectivity index (χ3n) is 0.637. The third-order valence-corrected chi connectivity index (χ3v) is 0.637. The van der Waals surface area contributed by atoms with Crippen LogP contribution in [0.2, 0.25) is 0 Å². The van der Waals surface area contributed by atoms with Crippen molar-refractivity contribution in [3.05, 3.63) is 6.92 Å². The zero-order valence-electron chi connectivity index (χ0n) is 3.32. The molecule has 0 bridgehead atoms. The minimum absolute atomic E-state index is 0. The van der Waals surface area contributed by atoms with Gasteiger partial charge in [-0.1, -0.05) is 0 Å². The average molecular weight is 71.1 g/mol. The normalized spacial score (nSPS) is 30.0. The van der Waals surface area contributed by atoms with Crippen LogP contribution in [0, 0.1) is 6.92 Å². The molecule has 0 N–H and O–H groups in total. The lowest BCUT2D eigenvalue weighted by atomic mass is 10.3. The van der Waals surface area contributed by atoms with Crippen LogP contribution < -0.4 is 0 Å². The van der Waals surface area contributed by atoms with E-state index in [0.29, 0.717) is 0 Å². The SMILES string of the molecule is [CH2]C1(C)CO1. The number of hydrogen-bond acceptors (Lipinski definition) is 1. The summed E-state index contributed by atoms with van der Waals surface area (Å²) < 4.78 is 4.78. The molecule has 0 aromatic rings. The van der Waals surface area contributed by atoms with Gasteiger partial charge in [0.1, 0.15) is 0 Å². The largest absolute Gasteiger partial charge is 0.370 e. The second-order valence-electron chi connectivity index (χ2n) is 1.74. The summed E-state index contributed by atoms with van der Waals surface area (Å²) in [5.41, 5.74) is 0. The van der Waals surface area contributed by atoms with Crippen molar-refractivity contribution in [1.29, 1.82) is 0 Å². The van der Waals surface area contributed by atoms with Crippen molar-refractivity contribution in [1.82, 2.24) is 0 Å². The molecule has 1 heterocycles. The van der Waals surface area contributed by atoms with Crippen LogP contribution in [-0.4, -0.2) is 12.2 Å². The maximum atomic E-state index is 4.78. The summed E-state index contributed by atoms with van der Waals surface area (Å²) in [6.45, 7) is 6.47. The van der Waals surface area contributed by atoms with E-state index < -0.39 is 0 Å². The van der Waals surface area contributed by atoms with Gasteiger partial charge in [-0.2, -0.15) is 0 Å². The van der Waals surface area contributed by atoms with Crippen LogP contribution in [0.1, 0.15) is 6.92 Å². The highest BCUT2D eigenvalue weighted by Gasteiger charge is 2.32. The van der Waals surface area contributed by atoms with E-state index in [0.717, 1.165) is 6.61 Å². The van der Waals surface area contributed by atoms with Crippen LogP contribution in [0.5, 0.6) is 0 Å². The van der Waals surface area contributed by atoms with Crippen LogP contribution in [0.3, 0.4) is 0 Å². The Morgan fingerprint density at radius 2 is 2.20 bits per heavy atom. The molecular formula is C4H7O. The molecule has 1 atom stereocenters. The molecule has 0 spiro atoms. The zero-order chi connectivity index (χ0) is 3.91. The second-order valence-corrected chi connectivity index (χ2v) is 1.74.